The van der Waals surface area contributed by atoms with Crippen LogP contribution in [0.2, 0.25) is 0 Å². The van der Waals surface area contributed by atoms with Crippen LogP contribution in [0.5, 0.6) is 0 Å². The predicted molar refractivity (Wildman–Crippen MR) is 56.2 cm³/mol. The molecular formula is C9H11F3N2OS. The summed E-state index contributed by atoms with van der Waals surface area (Å²) in [5.74, 6) is 0. The lowest BCUT2D eigenvalue weighted by Crippen LogP contribution is -2.23. The summed E-state index contributed by atoms with van der Waals surface area (Å²) in [6, 6.07) is 0. The standard InChI is InChI=1S/C9H11F3N2OS/c1-6-7(5-15)16-8(13-6)14(2)4-3-9(10,11)12/h5H,3-4H2,1-2H3. The van der Waals surface area contributed by atoms with Gasteiger partial charge in [0.2, 0.25) is 0 Å². The molecule has 0 aliphatic carbocycles. The number of rotatable bonds is 4. The van der Waals surface area contributed by atoms with Crippen molar-refractivity contribution in [3.63, 3.8) is 0 Å². The van der Waals surface area contributed by atoms with Gasteiger partial charge >= 0.3 is 6.18 Å². The fraction of sp³-hybridized carbons (Fsp3) is 0.556. The molecule has 0 unspecified atom stereocenters. The van der Waals surface area contributed by atoms with Gasteiger partial charge in [0.1, 0.15) is 0 Å². The smallest absolute Gasteiger partial charge is 0.351 e. The van der Waals surface area contributed by atoms with Crippen LogP contribution >= 0.6 is 11.3 Å². The maximum absolute atomic E-state index is 12.0. The van der Waals surface area contributed by atoms with Gasteiger partial charge in [0, 0.05) is 13.6 Å². The van der Waals surface area contributed by atoms with Gasteiger partial charge in [-0.15, -0.1) is 0 Å². The molecule has 7 heteroatoms. The number of carbonyl (C=O) groups excluding carboxylic acids is 1. The minimum Gasteiger partial charge on any atom is -0.351 e. The third-order valence-electron chi connectivity index (χ3n) is 1.99. The van der Waals surface area contributed by atoms with E-state index in [1.165, 1.54) is 11.9 Å². The quantitative estimate of drug-likeness (QED) is 0.772. The number of nitrogens with zero attached hydrogens (tertiary/aromatic N) is 2. The predicted octanol–water partition coefficient (Wildman–Crippen LogP) is 2.65. The molecule has 0 aliphatic heterocycles. The second-order valence-corrected chi connectivity index (χ2v) is 4.36. The van der Waals surface area contributed by atoms with Gasteiger partial charge in [-0.2, -0.15) is 13.2 Å². The minimum absolute atomic E-state index is 0.158. The SMILES string of the molecule is Cc1nc(N(C)CCC(F)(F)F)sc1C=O. The zero-order valence-corrected chi connectivity index (χ0v) is 9.65. The molecule has 3 nitrogen and oxygen atoms in total. The average molecular weight is 252 g/mol. The van der Waals surface area contributed by atoms with Crippen LogP contribution in [0.1, 0.15) is 21.8 Å². The molecule has 1 heterocycles. The maximum Gasteiger partial charge on any atom is 0.390 e. The Kier molecular flexibility index (Phi) is 3.90. The molecule has 1 rings (SSSR count). The normalized spacial score (nSPS) is 11.6. The number of carbonyl (C=O) groups is 1. The topological polar surface area (TPSA) is 33.2 Å². The summed E-state index contributed by atoms with van der Waals surface area (Å²) in [5.41, 5.74) is 0.550. The van der Waals surface area contributed by atoms with Crippen molar-refractivity contribution in [1.82, 2.24) is 4.98 Å². The molecule has 1 aromatic rings. The zero-order chi connectivity index (χ0) is 12.3. The van der Waals surface area contributed by atoms with E-state index < -0.39 is 12.6 Å². The summed E-state index contributed by atoms with van der Waals surface area (Å²) < 4.78 is 35.9. The van der Waals surface area contributed by atoms with E-state index in [0.717, 1.165) is 11.3 Å². The van der Waals surface area contributed by atoms with Crippen LogP contribution < -0.4 is 4.90 Å². The number of aromatic nitrogens is 1. The van der Waals surface area contributed by atoms with E-state index in [2.05, 4.69) is 4.98 Å². The Balaban J connectivity index is 2.66. The van der Waals surface area contributed by atoms with Crippen molar-refractivity contribution in [1.29, 1.82) is 0 Å². The van der Waals surface area contributed by atoms with Crippen molar-refractivity contribution in [2.75, 3.05) is 18.5 Å². The van der Waals surface area contributed by atoms with Gasteiger partial charge in [-0.1, -0.05) is 11.3 Å². The van der Waals surface area contributed by atoms with Crippen molar-refractivity contribution in [3.05, 3.63) is 10.6 Å². The van der Waals surface area contributed by atoms with E-state index in [1.54, 1.807) is 6.92 Å². The van der Waals surface area contributed by atoms with Crippen molar-refractivity contribution in [3.8, 4) is 0 Å². The Bertz CT molecular complexity index is 375. The second-order valence-electron chi connectivity index (χ2n) is 3.35. The van der Waals surface area contributed by atoms with Crippen LogP contribution in [0.3, 0.4) is 0 Å². The molecule has 0 saturated heterocycles. The average Bonchev–Trinajstić information content (AvgIpc) is 2.55. The van der Waals surface area contributed by atoms with Gasteiger partial charge in [-0.25, -0.2) is 4.98 Å². The first-order valence-electron chi connectivity index (χ1n) is 4.54. The maximum atomic E-state index is 12.0. The largest absolute Gasteiger partial charge is 0.390 e. The number of alkyl halides is 3. The molecule has 1 aromatic heterocycles. The molecule has 0 bridgehead atoms. The zero-order valence-electron chi connectivity index (χ0n) is 8.84. The third-order valence-corrected chi connectivity index (χ3v) is 3.18. The second kappa shape index (κ2) is 4.82. The fourth-order valence-corrected chi connectivity index (χ4v) is 1.92. The van der Waals surface area contributed by atoms with Gasteiger partial charge in [0.05, 0.1) is 17.0 Å². The fourth-order valence-electron chi connectivity index (χ4n) is 1.06. The molecule has 0 atom stereocenters. The molecular weight excluding hydrogens is 241 g/mol. The Morgan fingerprint density at radius 2 is 2.12 bits per heavy atom. The van der Waals surface area contributed by atoms with Crippen molar-refractivity contribution < 1.29 is 18.0 Å². The Hall–Kier alpha value is -1.11. The first-order valence-corrected chi connectivity index (χ1v) is 5.35. The summed E-state index contributed by atoms with van der Waals surface area (Å²) in [7, 11) is 1.53. The van der Waals surface area contributed by atoms with Gasteiger partial charge in [-0.05, 0) is 6.92 Å². The van der Waals surface area contributed by atoms with Crippen molar-refractivity contribution >= 4 is 22.8 Å². The van der Waals surface area contributed by atoms with Crippen LogP contribution in [-0.4, -0.2) is 31.0 Å². The highest BCUT2D eigenvalue weighted by atomic mass is 32.1. The number of hydrogen-bond acceptors (Lipinski definition) is 4. The van der Waals surface area contributed by atoms with Gasteiger partial charge in [0.15, 0.2) is 11.4 Å². The number of hydrogen-bond donors (Lipinski definition) is 0. The monoisotopic (exact) mass is 252 g/mol. The Labute approximate surface area is 94.9 Å². The highest BCUT2D eigenvalue weighted by Gasteiger charge is 2.27. The molecule has 0 saturated carbocycles. The molecule has 0 amide bonds. The summed E-state index contributed by atoms with van der Waals surface area (Å²) in [5, 5.41) is 0.434. The van der Waals surface area contributed by atoms with Gasteiger partial charge in [0.25, 0.3) is 0 Å². The lowest BCUT2D eigenvalue weighted by Gasteiger charge is -2.16. The first-order chi connectivity index (χ1) is 7.33. The third kappa shape index (κ3) is 3.48. The van der Waals surface area contributed by atoms with Crippen LogP contribution in [0.15, 0.2) is 0 Å². The first kappa shape index (κ1) is 13.0. The number of aryl methyl sites for hydroxylation is 1. The number of halogens is 3. The van der Waals surface area contributed by atoms with Crippen LogP contribution in [-0.2, 0) is 0 Å². The Morgan fingerprint density at radius 1 is 1.50 bits per heavy atom. The Morgan fingerprint density at radius 3 is 2.56 bits per heavy atom. The van der Waals surface area contributed by atoms with E-state index in [1.807, 2.05) is 0 Å². The summed E-state index contributed by atoms with van der Waals surface area (Å²) in [6.07, 6.45) is -4.40. The van der Waals surface area contributed by atoms with E-state index in [4.69, 9.17) is 0 Å². The van der Waals surface area contributed by atoms with E-state index in [9.17, 15) is 18.0 Å². The molecule has 0 aromatic carbocycles. The highest BCUT2D eigenvalue weighted by molar-refractivity contribution is 7.17. The van der Waals surface area contributed by atoms with E-state index in [-0.39, 0.29) is 6.54 Å². The van der Waals surface area contributed by atoms with E-state index in [0.29, 0.717) is 22.0 Å². The van der Waals surface area contributed by atoms with Crippen molar-refractivity contribution in [2.24, 2.45) is 0 Å². The molecule has 0 aliphatic rings. The molecule has 0 radical (unpaired) electrons. The number of aldehydes is 1. The summed E-state index contributed by atoms with van der Waals surface area (Å²) in [4.78, 5) is 16.4. The van der Waals surface area contributed by atoms with Gasteiger partial charge in [-0.3, -0.25) is 4.79 Å². The summed E-state index contributed by atoms with van der Waals surface area (Å²) >= 11 is 1.10. The number of thiazole rings is 1. The molecule has 16 heavy (non-hydrogen) atoms. The molecule has 0 N–H and O–H groups in total. The van der Waals surface area contributed by atoms with Crippen molar-refractivity contribution in [2.45, 2.75) is 19.5 Å². The molecule has 90 valence electrons. The molecule has 0 fully saturated rings. The lowest BCUT2D eigenvalue weighted by atomic mass is 10.4. The van der Waals surface area contributed by atoms with Crippen LogP contribution in [0.25, 0.3) is 0 Å². The van der Waals surface area contributed by atoms with Gasteiger partial charge < -0.3 is 4.90 Å². The van der Waals surface area contributed by atoms with Crippen LogP contribution in [0.4, 0.5) is 18.3 Å². The van der Waals surface area contributed by atoms with Crippen LogP contribution in [0, 0.1) is 6.92 Å². The molecule has 0 spiro atoms. The summed E-state index contributed by atoms with van der Waals surface area (Å²) in [6.45, 7) is 1.50. The van der Waals surface area contributed by atoms with E-state index >= 15 is 0 Å². The number of anilines is 1. The lowest BCUT2D eigenvalue weighted by molar-refractivity contribution is -0.132. The highest BCUT2D eigenvalue weighted by Crippen LogP contribution is 2.26. The minimum atomic E-state index is -4.17.